The molecular formula is C13H22O5. The van der Waals surface area contributed by atoms with Gasteiger partial charge in [-0.15, -0.1) is 0 Å². The minimum atomic E-state index is -0.808. The third kappa shape index (κ3) is 6.39. The summed E-state index contributed by atoms with van der Waals surface area (Å²) in [5.74, 6) is -0.926. The van der Waals surface area contributed by atoms with E-state index >= 15 is 0 Å². The van der Waals surface area contributed by atoms with E-state index in [0.717, 1.165) is 0 Å². The van der Waals surface area contributed by atoms with E-state index in [4.69, 9.17) is 14.2 Å². The number of rotatable bonds is 5. The maximum atomic E-state index is 11.6. The van der Waals surface area contributed by atoms with Gasteiger partial charge in [-0.05, 0) is 41.5 Å². The highest BCUT2D eigenvalue weighted by Crippen LogP contribution is 2.17. The SMILES string of the molecule is C=C(C)C(=O)OC(C)OC(C)OC(=O)C(C)(C)C. The van der Waals surface area contributed by atoms with Crippen LogP contribution in [0.15, 0.2) is 12.2 Å². The molecule has 0 aliphatic carbocycles. The van der Waals surface area contributed by atoms with E-state index in [1.165, 1.54) is 6.92 Å². The minimum Gasteiger partial charge on any atom is -0.436 e. The quantitative estimate of drug-likeness (QED) is 0.430. The third-order valence-corrected chi connectivity index (χ3v) is 1.89. The number of hydrogen-bond donors (Lipinski definition) is 0. The minimum absolute atomic E-state index is 0.282. The summed E-state index contributed by atoms with van der Waals surface area (Å²) in [7, 11) is 0. The summed E-state index contributed by atoms with van der Waals surface area (Å²) in [4.78, 5) is 22.8. The second-order valence-electron chi connectivity index (χ2n) is 5.11. The molecule has 5 heteroatoms. The fourth-order valence-electron chi connectivity index (χ4n) is 0.904. The monoisotopic (exact) mass is 258 g/mol. The molecule has 5 nitrogen and oxygen atoms in total. The number of carbonyl (C=O) groups excluding carboxylic acids is 2. The predicted octanol–water partition coefficient (Wildman–Crippen LogP) is 2.40. The highest BCUT2D eigenvalue weighted by molar-refractivity contribution is 5.86. The lowest BCUT2D eigenvalue weighted by molar-refractivity contribution is -0.229. The van der Waals surface area contributed by atoms with E-state index in [0.29, 0.717) is 0 Å². The van der Waals surface area contributed by atoms with E-state index in [2.05, 4.69) is 6.58 Å². The Balaban J connectivity index is 4.17. The Morgan fingerprint density at radius 1 is 1.06 bits per heavy atom. The molecule has 0 saturated carbocycles. The van der Waals surface area contributed by atoms with Crippen LogP contribution in [0.5, 0.6) is 0 Å². The maximum absolute atomic E-state index is 11.6. The van der Waals surface area contributed by atoms with Crippen LogP contribution in [-0.4, -0.2) is 24.5 Å². The van der Waals surface area contributed by atoms with Gasteiger partial charge in [0.15, 0.2) is 0 Å². The van der Waals surface area contributed by atoms with Gasteiger partial charge in [0, 0.05) is 5.57 Å². The van der Waals surface area contributed by atoms with Gasteiger partial charge in [0.2, 0.25) is 12.6 Å². The molecule has 0 aromatic carbocycles. The van der Waals surface area contributed by atoms with Gasteiger partial charge in [0.25, 0.3) is 0 Å². The molecule has 0 spiro atoms. The van der Waals surface area contributed by atoms with Gasteiger partial charge in [-0.1, -0.05) is 6.58 Å². The van der Waals surface area contributed by atoms with E-state index < -0.39 is 24.0 Å². The maximum Gasteiger partial charge on any atom is 0.335 e. The lowest BCUT2D eigenvalue weighted by Crippen LogP contribution is -2.31. The van der Waals surface area contributed by atoms with Crippen LogP contribution in [0.1, 0.15) is 41.5 Å². The molecule has 0 amide bonds. The van der Waals surface area contributed by atoms with Crippen molar-refractivity contribution in [1.29, 1.82) is 0 Å². The molecule has 18 heavy (non-hydrogen) atoms. The van der Waals surface area contributed by atoms with Crippen molar-refractivity contribution in [3.05, 3.63) is 12.2 Å². The smallest absolute Gasteiger partial charge is 0.335 e. The number of hydrogen-bond acceptors (Lipinski definition) is 5. The fourth-order valence-corrected chi connectivity index (χ4v) is 0.904. The average molecular weight is 258 g/mol. The molecule has 0 aliphatic heterocycles. The molecule has 2 unspecified atom stereocenters. The van der Waals surface area contributed by atoms with Gasteiger partial charge in [-0.2, -0.15) is 0 Å². The fraction of sp³-hybridized carbons (Fsp3) is 0.692. The molecule has 0 rings (SSSR count). The summed E-state index contributed by atoms with van der Waals surface area (Å²) >= 11 is 0. The first-order valence-corrected chi connectivity index (χ1v) is 5.77. The van der Waals surface area contributed by atoms with Crippen molar-refractivity contribution in [1.82, 2.24) is 0 Å². The zero-order chi connectivity index (χ0) is 14.5. The van der Waals surface area contributed by atoms with Gasteiger partial charge in [-0.3, -0.25) is 4.79 Å². The summed E-state index contributed by atoms with van der Waals surface area (Å²) in [5.41, 5.74) is -0.320. The van der Waals surface area contributed by atoms with Gasteiger partial charge in [0.1, 0.15) is 0 Å². The summed E-state index contributed by atoms with van der Waals surface area (Å²) < 4.78 is 15.2. The first-order valence-electron chi connectivity index (χ1n) is 5.77. The van der Waals surface area contributed by atoms with Crippen molar-refractivity contribution < 1.29 is 23.8 Å². The van der Waals surface area contributed by atoms with Crippen LogP contribution in [-0.2, 0) is 23.8 Å². The topological polar surface area (TPSA) is 61.8 Å². The van der Waals surface area contributed by atoms with E-state index in [1.807, 2.05) is 0 Å². The van der Waals surface area contributed by atoms with Gasteiger partial charge in [-0.25, -0.2) is 4.79 Å². The van der Waals surface area contributed by atoms with Crippen LogP contribution in [0.25, 0.3) is 0 Å². The van der Waals surface area contributed by atoms with Crippen LogP contribution >= 0.6 is 0 Å². The van der Waals surface area contributed by atoms with Crippen molar-refractivity contribution in [2.45, 2.75) is 54.1 Å². The largest absolute Gasteiger partial charge is 0.436 e. The molecule has 0 N–H and O–H groups in total. The summed E-state index contributed by atoms with van der Waals surface area (Å²) in [6.45, 7) is 13.3. The third-order valence-electron chi connectivity index (χ3n) is 1.89. The lowest BCUT2D eigenvalue weighted by Gasteiger charge is -2.23. The Kier molecular flexibility index (Phi) is 6.05. The molecule has 0 aliphatic rings. The Bertz CT molecular complexity index is 327. The van der Waals surface area contributed by atoms with Crippen LogP contribution < -0.4 is 0 Å². The van der Waals surface area contributed by atoms with E-state index in [-0.39, 0.29) is 11.5 Å². The lowest BCUT2D eigenvalue weighted by atomic mass is 9.97. The van der Waals surface area contributed by atoms with Crippen molar-refractivity contribution in [2.24, 2.45) is 5.41 Å². The second-order valence-corrected chi connectivity index (χ2v) is 5.11. The normalized spacial score (nSPS) is 14.6. The predicted molar refractivity (Wildman–Crippen MR) is 66.5 cm³/mol. The van der Waals surface area contributed by atoms with Crippen LogP contribution in [0, 0.1) is 5.41 Å². The molecule has 0 saturated heterocycles. The Labute approximate surface area is 108 Å². The van der Waals surface area contributed by atoms with Crippen LogP contribution in [0.4, 0.5) is 0 Å². The van der Waals surface area contributed by atoms with Crippen molar-refractivity contribution >= 4 is 11.9 Å². The number of ether oxygens (including phenoxy) is 3. The van der Waals surface area contributed by atoms with E-state index in [9.17, 15) is 9.59 Å². The van der Waals surface area contributed by atoms with Gasteiger partial charge >= 0.3 is 11.9 Å². The summed E-state index contributed by atoms with van der Waals surface area (Å²) in [6.07, 6.45) is -1.60. The highest BCUT2D eigenvalue weighted by atomic mass is 16.8. The van der Waals surface area contributed by atoms with Crippen LogP contribution in [0.2, 0.25) is 0 Å². The first kappa shape index (κ1) is 16.6. The number of carbonyl (C=O) groups is 2. The first-order chi connectivity index (χ1) is 8.04. The van der Waals surface area contributed by atoms with Gasteiger partial charge in [0.05, 0.1) is 5.41 Å². The molecule has 0 bridgehead atoms. The summed E-state index contributed by atoms with van der Waals surface area (Å²) in [6, 6.07) is 0. The molecule has 0 heterocycles. The molecule has 0 fully saturated rings. The van der Waals surface area contributed by atoms with Gasteiger partial charge < -0.3 is 14.2 Å². The van der Waals surface area contributed by atoms with Crippen LogP contribution in [0.3, 0.4) is 0 Å². The summed E-state index contributed by atoms with van der Waals surface area (Å²) in [5, 5.41) is 0. The Morgan fingerprint density at radius 3 is 1.89 bits per heavy atom. The highest BCUT2D eigenvalue weighted by Gasteiger charge is 2.26. The molecule has 0 radical (unpaired) electrons. The van der Waals surface area contributed by atoms with Crippen molar-refractivity contribution in [3.63, 3.8) is 0 Å². The molecule has 104 valence electrons. The Hall–Kier alpha value is -1.36. The van der Waals surface area contributed by atoms with E-state index in [1.54, 1.807) is 34.6 Å². The number of esters is 2. The Morgan fingerprint density at radius 2 is 1.50 bits per heavy atom. The zero-order valence-electron chi connectivity index (χ0n) is 11.9. The molecule has 2 atom stereocenters. The second kappa shape index (κ2) is 6.54. The van der Waals surface area contributed by atoms with Crippen molar-refractivity contribution in [3.8, 4) is 0 Å². The van der Waals surface area contributed by atoms with Crippen molar-refractivity contribution in [2.75, 3.05) is 0 Å². The molecule has 0 aromatic rings. The average Bonchev–Trinajstić information content (AvgIpc) is 2.14. The zero-order valence-corrected chi connectivity index (χ0v) is 11.9. The standard InChI is InChI=1S/C13H22O5/c1-8(2)11(14)17-9(3)16-10(4)18-12(15)13(5,6)7/h9-10H,1H2,2-7H3. The molecule has 0 aromatic heterocycles. The molecular weight excluding hydrogens is 236 g/mol.